The van der Waals surface area contributed by atoms with Crippen LogP contribution in [0.2, 0.25) is 0 Å². The van der Waals surface area contributed by atoms with Crippen LogP contribution in [-0.4, -0.2) is 9.55 Å². The largest absolute Gasteiger partial charge is 0.357 e. The Kier molecular flexibility index (Phi) is 3.35. The monoisotopic (exact) mass is 314 g/mol. The van der Waals surface area contributed by atoms with Gasteiger partial charge >= 0.3 is 0 Å². The van der Waals surface area contributed by atoms with Gasteiger partial charge in [-0.25, -0.2) is 0 Å². The number of aromatic nitrogens is 2. The predicted octanol–water partition coefficient (Wildman–Crippen LogP) is 4.51. The first-order chi connectivity index (χ1) is 11.7. The highest BCUT2D eigenvalue weighted by atomic mass is 16.1. The van der Waals surface area contributed by atoms with Crippen molar-refractivity contribution in [3.8, 4) is 22.5 Å². The number of nitrogens with zero attached hydrogens (tertiary/aromatic N) is 1. The Hall–Kier alpha value is -3.07. The number of rotatable bonds is 2. The van der Waals surface area contributed by atoms with Crippen molar-refractivity contribution in [2.24, 2.45) is 7.05 Å². The molecule has 0 unspecified atom stereocenters. The number of benzene rings is 2. The van der Waals surface area contributed by atoms with Crippen LogP contribution in [0.4, 0.5) is 0 Å². The number of hydrogen-bond acceptors (Lipinski definition) is 1. The second kappa shape index (κ2) is 5.53. The molecule has 0 saturated carbocycles. The fourth-order valence-corrected chi connectivity index (χ4v) is 3.29. The second-order valence-corrected chi connectivity index (χ2v) is 6.04. The van der Waals surface area contributed by atoms with Gasteiger partial charge in [0.2, 0.25) is 0 Å². The number of aryl methyl sites for hydroxylation is 1. The van der Waals surface area contributed by atoms with Gasteiger partial charge in [-0.05, 0) is 24.1 Å². The maximum absolute atomic E-state index is 12.9. The minimum absolute atomic E-state index is 0.0299. The van der Waals surface area contributed by atoms with Gasteiger partial charge in [-0.3, -0.25) is 4.79 Å². The van der Waals surface area contributed by atoms with Crippen molar-refractivity contribution in [1.29, 1.82) is 0 Å². The predicted molar refractivity (Wildman–Crippen MR) is 99.1 cm³/mol. The number of pyridine rings is 1. The van der Waals surface area contributed by atoms with Gasteiger partial charge in [0, 0.05) is 18.1 Å². The molecule has 0 aliphatic carbocycles. The molecule has 0 spiro atoms. The average molecular weight is 314 g/mol. The number of aromatic amines is 1. The van der Waals surface area contributed by atoms with Crippen molar-refractivity contribution >= 4 is 10.8 Å². The molecule has 2 aromatic carbocycles. The van der Waals surface area contributed by atoms with E-state index in [9.17, 15) is 4.79 Å². The summed E-state index contributed by atoms with van der Waals surface area (Å²) in [6.07, 6.45) is 0. The summed E-state index contributed by atoms with van der Waals surface area (Å²) in [5.74, 6) is 0. The fraction of sp³-hybridized carbons (Fsp3) is 0.0952. The van der Waals surface area contributed by atoms with Gasteiger partial charge in [-0.2, -0.15) is 0 Å². The highest BCUT2D eigenvalue weighted by Gasteiger charge is 2.16. The molecule has 2 heterocycles. The molecule has 2 aromatic heterocycles. The Morgan fingerprint density at radius 3 is 2.08 bits per heavy atom. The van der Waals surface area contributed by atoms with E-state index in [4.69, 9.17) is 0 Å². The Morgan fingerprint density at radius 2 is 1.46 bits per heavy atom. The van der Waals surface area contributed by atoms with Gasteiger partial charge in [-0.15, -0.1) is 0 Å². The van der Waals surface area contributed by atoms with Crippen LogP contribution in [0, 0.1) is 6.92 Å². The van der Waals surface area contributed by atoms with E-state index < -0.39 is 0 Å². The molecule has 0 aliphatic rings. The Bertz CT molecular complexity index is 1070. The highest BCUT2D eigenvalue weighted by Crippen LogP contribution is 2.31. The van der Waals surface area contributed by atoms with E-state index >= 15 is 0 Å². The minimum atomic E-state index is 0.0299. The molecule has 118 valence electrons. The molecule has 0 fully saturated rings. The summed E-state index contributed by atoms with van der Waals surface area (Å²) in [5, 5.41) is 1.73. The molecule has 0 atom stereocenters. The summed E-state index contributed by atoms with van der Waals surface area (Å²) < 4.78 is 1.73. The van der Waals surface area contributed by atoms with E-state index in [-0.39, 0.29) is 5.56 Å². The number of nitrogens with one attached hydrogen (secondary N) is 1. The summed E-state index contributed by atoms with van der Waals surface area (Å²) in [5.41, 5.74) is 4.98. The van der Waals surface area contributed by atoms with Crippen molar-refractivity contribution in [1.82, 2.24) is 9.55 Å². The van der Waals surface area contributed by atoms with E-state index in [1.165, 1.54) is 0 Å². The summed E-state index contributed by atoms with van der Waals surface area (Å²) in [7, 11) is 1.83. The lowest BCUT2D eigenvalue weighted by atomic mass is 10.0. The quantitative estimate of drug-likeness (QED) is 0.581. The zero-order valence-electron chi connectivity index (χ0n) is 13.7. The van der Waals surface area contributed by atoms with Crippen LogP contribution in [0.3, 0.4) is 0 Å². The maximum atomic E-state index is 12.9. The van der Waals surface area contributed by atoms with Crippen molar-refractivity contribution in [2.45, 2.75) is 6.92 Å². The van der Waals surface area contributed by atoms with E-state index in [0.29, 0.717) is 0 Å². The molecule has 3 heteroatoms. The Balaban J connectivity index is 2.09. The Morgan fingerprint density at radius 1 is 0.875 bits per heavy atom. The topological polar surface area (TPSA) is 37.8 Å². The van der Waals surface area contributed by atoms with E-state index in [0.717, 1.165) is 39.0 Å². The SMILES string of the molecule is Cc1[nH]c(-c2ccccc2)c2cc(-c3ccccc3)n(C)c(=O)c12. The lowest BCUT2D eigenvalue weighted by Gasteiger charge is -2.10. The number of fused-ring (bicyclic) bond motifs is 1. The Labute approximate surface area is 140 Å². The van der Waals surface area contributed by atoms with Gasteiger partial charge < -0.3 is 9.55 Å². The van der Waals surface area contributed by atoms with Crippen molar-refractivity contribution in [3.05, 3.63) is 82.8 Å². The third-order valence-corrected chi connectivity index (χ3v) is 4.52. The first-order valence-electron chi connectivity index (χ1n) is 8.00. The molecule has 0 amide bonds. The van der Waals surface area contributed by atoms with Crippen LogP contribution in [0.1, 0.15) is 5.69 Å². The lowest BCUT2D eigenvalue weighted by Crippen LogP contribution is -2.18. The van der Waals surface area contributed by atoms with Crippen molar-refractivity contribution < 1.29 is 0 Å². The molecule has 3 nitrogen and oxygen atoms in total. The molecule has 1 N–H and O–H groups in total. The molecule has 0 bridgehead atoms. The van der Waals surface area contributed by atoms with Crippen molar-refractivity contribution in [3.63, 3.8) is 0 Å². The van der Waals surface area contributed by atoms with Gasteiger partial charge in [0.05, 0.1) is 16.8 Å². The normalized spacial score (nSPS) is 11.1. The average Bonchev–Trinajstić information content (AvgIpc) is 2.96. The van der Waals surface area contributed by atoms with Gasteiger partial charge in [0.25, 0.3) is 5.56 Å². The molecular formula is C21H18N2O. The minimum Gasteiger partial charge on any atom is -0.357 e. The second-order valence-electron chi connectivity index (χ2n) is 6.04. The maximum Gasteiger partial charge on any atom is 0.260 e. The molecular weight excluding hydrogens is 296 g/mol. The third kappa shape index (κ3) is 2.17. The van der Waals surface area contributed by atoms with E-state index in [1.54, 1.807) is 4.57 Å². The van der Waals surface area contributed by atoms with Crippen LogP contribution in [-0.2, 0) is 7.05 Å². The van der Waals surface area contributed by atoms with Crippen LogP contribution in [0.5, 0.6) is 0 Å². The van der Waals surface area contributed by atoms with Crippen LogP contribution >= 0.6 is 0 Å². The van der Waals surface area contributed by atoms with Gasteiger partial charge in [-0.1, -0.05) is 60.7 Å². The van der Waals surface area contributed by atoms with Gasteiger partial charge in [0.15, 0.2) is 0 Å². The molecule has 4 rings (SSSR count). The molecule has 24 heavy (non-hydrogen) atoms. The first-order valence-corrected chi connectivity index (χ1v) is 8.00. The standard InChI is InChI=1S/C21H18N2O/c1-14-19-17(20(22-14)16-11-7-4-8-12-16)13-18(23(2)21(19)24)15-9-5-3-6-10-15/h3-13,22H,1-2H3. The van der Waals surface area contributed by atoms with Crippen LogP contribution < -0.4 is 5.56 Å². The number of H-pyrrole nitrogens is 1. The summed E-state index contributed by atoms with van der Waals surface area (Å²) in [6.45, 7) is 1.96. The van der Waals surface area contributed by atoms with E-state index in [2.05, 4.69) is 23.2 Å². The molecule has 0 radical (unpaired) electrons. The van der Waals surface area contributed by atoms with E-state index in [1.807, 2.05) is 62.5 Å². The van der Waals surface area contributed by atoms with Crippen molar-refractivity contribution in [2.75, 3.05) is 0 Å². The lowest BCUT2D eigenvalue weighted by molar-refractivity contribution is 0.883. The zero-order valence-corrected chi connectivity index (χ0v) is 13.7. The summed E-state index contributed by atoms with van der Waals surface area (Å²) in [6, 6.07) is 22.3. The van der Waals surface area contributed by atoms with Crippen LogP contribution in [0.15, 0.2) is 71.5 Å². The number of hydrogen-bond donors (Lipinski definition) is 1. The zero-order chi connectivity index (χ0) is 16.7. The first kappa shape index (κ1) is 14.5. The fourth-order valence-electron chi connectivity index (χ4n) is 3.29. The highest BCUT2D eigenvalue weighted by molar-refractivity contribution is 5.99. The van der Waals surface area contributed by atoms with Gasteiger partial charge in [0.1, 0.15) is 0 Å². The summed E-state index contributed by atoms with van der Waals surface area (Å²) >= 11 is 0. The molecule has 0 saturated heterocycles. The summed E-state index contributed by atoms with van der Waals surface area (Å²) in [4.78, 5) is 16.3. The van der Waals surface area contributed by atoms with Crippen LogP contribution in [0.25, 0.3) is 33.3 Å². The molecule has 0 aliphatic heterocycles. The smallest absolute Gasteiger partial charge is 0.260 e. The third-order valence-electron chi connectivity index (χ3n) is 4.52. The molecule has 4 aromatic rings.